The molecule has 2 nitrogen and oxygen atoms in total. The third kappa shape index (κ3) is 3.99. The molecule has 0 saturated carbocycles. The van der Waals surface area contributed by atoms with Crippen molar-refractivity contribution in [2.24, 2.45) is 0 Å². The topological polar surface area (TPSA) is 21.3 Å². The van der Waals surface area contributed by atoms with Crippen LogP contribution in [-0.2, 0) is 11.8 Å². The fraction of sp³-hybridized carbons (Fsp3) is 0.0612. The zero-order chi connectivity index (χ0) is 33.5. The number of rotatable bonds is 4. The van der Waals surface area contributed by atoms with Crippen LogP contribution in [0.2, 0.25) is 0 Å². The van der Waals surface area contributed by atoms with Crippen LogP contribution in [0.5, 0.6) is 11.5 Å². The quantitative estimate of drug-likeness (QED) is 0.204. The zero-order valence-electron chi connectivity index (χ0n) is 28.0. The van der Waals surface area contributed by atoms with Crippen LogP contribution in [0.15, 0.2) is 170 Å². The fourth-order valence-electron chi connectivity index (χ4n) is 9.30. The van der Waals surface area contributed by atoms with E-state index in [1.165, 1.54) is 77.9 Å². The van der Waals surface area contributed by atoms with Gasteiger partial charge < -0.3 is 10.1 Å². The van der Waals surface area contributed by atoms with Crippen molar-refractivity contribution in [1.29, 1.82) is 0 Å². The Morgan fingerprint density at radius 3 is 1.92 bits per heavy atom. The molecule has 0 saturated heterocycles. The number of nitrogens with one attached hydrogen (secondary N) is 1. The van der Waals surface area contributed by atoms with Gasteiger partial charge in [0.15, 0.2) is 0 Å². The molecule has 3 aliphatic carbocycles. The van der Waals surface area contributed by atoms with Crippen LogP contribution in [0.4, 0.5) is 11.4 Å². The van der Waals surface area contributed by atoms with E-state index < -0.39 is 5.41 Å². The molecule has 240 valence electrons. The molecule has 1 spiro atoms. The van der Waals surface area contributed by atoms with Crippen molar-refractivity contribution in [3.8, 4) is 44.9 Å². The van der Waals surface area contributed by atoms with Crippen LogP contribution in [0.3, 0.4) is 0 Å². The van der Waals surface area contributed by atoms with Gasteiger partial charge in [-0.3, -0.25) is 0 Å². The van der Waals surface area contributed by atoms with Crippen molar-refractivity contribution in [3.63, 3.8) is 0 Å². The Morgan fingerprint density at radius 2 is 1.16 bits per heavy atom. The summed E-state index contributed by atoms with van der Waals surface area (Å²) in [5, 5.41) is 4.05. The second kappa shape index (κ2) is 10.8. The molecule has 7 aromatic rings. The summed E-state index contributed by atoms with van der Waals surface area (Å²) in [5.74, 6) is 1.80. The van der Waals surface area contributed by atoms with Crippen molar-refractivity contribution in [3.05, 3.63) is 209 Å². The van der Waals surface area contributed by atoms with Gasteiger partial charge in [0.05, 0.1) is 11.1 Å². The zero-order valence-corrected chi connectivity index (χ0v) is 28.0. The van der Waals surface area contributed by atoms with E-state index in [2.05, 4.69) is 175 Å². The number of para-hydroxylation sites is 2. The van der Waals surface area contributed by atoms with Crippen LogP contribution in [0.25, 0.3) is 39.0 Å². The van der Waals surface area contributed by atoms with Gasteiger partial charge in [0, 0.05) is 27.9 Å². The van der Waals surface area contributed by atoms with Crippen molar-refractivity contribution in [2.45, 2.75) is 18.3 Å². The standard InChI is InChI=1S/C49H33NO/c1-2-13-31(12-1)37-28-29-40-39-16-5-6-19-42(39)49(43-20-7-9-22-45(43)51-46-23-10-8-21-44(46)49)47(40)48(37)50-34-26-24-32(25-27-34)35-17-11-18-38-36-15-4-3-14-33(36)30-41(35)38/h1-12,14-29,50H,13,30H2. The number of ether oxygens (including phenoxy) is 1. The Balaban J connectivity index is 1.11. The highest BCUT2D eigenvalue weighted by Gasteiger charge is 2.52. The highest BCUT2D eigenvalue weighted by atomic mass is 16.5. The Bertz CT molecular complexity index is 2590. The summed E-state index contributed by atoms with van der Waals surface area (Å²) in [6, 6.07) is 55.5. The van der Waals surface area contributed by atoms with Gasteiger partial charge in [-0.1, -0.05) is 146 Å². The molecule has 2 heteroatoms. The van der Waals surface area contributed by atoms with E-state index >= 15 is 0 Å². The fourth-order valence-corrected chi connectivity index (χ4v) is 9.30. The third-order valence-electron chi connectivity index (χ3n) is 11.4. The Kier molecular flexibility index (Phi) is 6.03. The van der Waals surface area contributed by atoms with E-state index in [4.69, 9.17) is 4.74 Å². The van der Waals surface area contributed by atoms with E-state index in [1.54, 1.807) is 0 Å². The second-order valence-electron chi connectivity index (χ2n) is 14.0. The lowest BCUT2D eigenvalue weighted by Gasteiger charge is -2.40. The lowest BCUT2D eigenvalue weighted by atomic mass is 9.65. The first-order valence-electron chi connectivity index (χ1n) is 17.9. The van der Waals surface area contributed by atoms with Crippen molar-refractivity contribution in [1.82, 2.24) is 0 Å². The van der Waals surface area contributed by atoms with Crippen molar-refractivity contribution < 1.29 is 4.74 Å². The lowest BCUT2D eigenvalue weighted by Crippen LogP contribution is -2.33. The van der Waals surface area contributed by atoms with E-state index in [1.807, 2.05) is 0 Å². The molecular formula is C49H33NO. The molecule has 4 aliphatic rings. The third-order valence-corrected chi connectivity index (χ3v) is 11.4. The van der Waals surface area contributed by atoms with Crippen LogP contribution < -0.4 is 10.1 Å². The minimum Gasteiger partial charge on any atom is -0.457 e. The number of hydrogen-bond acceptors (Lipinski definition) is 2. The first-order valence-corrected chi connectivity index (χ1v) is 17.9. The van der Waals surface area contributed by atoms with E-state index in [9.17, 15) is 0 Å². The van der Waals surface area contributed by atoms with Gasteiger partial charge in [-0.05, 0) is 92.8 Å². The van der Waals surface area contributed by atoms with Gasteiger partial charge >= 0.3 is 0 Å². The van der Waals surface area contributed by atoms with Gasteiger partial charge in [0.2, 0.25) is 0 Å². The number of hydrogen-bond donors (Lipinski definition) is 1. The van der Waals surface area contributed by atoms with Crippen molar-refractivity contribution >= 4 is 16.9 Å². The smallest absolute Gasteiger partial charge is 0.132 e. The summed E-state index contributed by atoms with van der Waals surface area (Å²) in [7, 11) is 0. The Morgan fingerprint density at radius 1 is 0.510 bits per heavy atom. The normalized spacial score (nSPS) is 14.9. The molecule has 51 heavy (non-hydrogen) atoms. The summed E-state index contributed by atoms with van der Waals surface area (Å²) in [4.78, 5) is 0. The molecule has 0 radical (unpaired) electrons. The summed E-state index contributed by atoms with van der Waals surface area (Å²) in [6.45, 7) is 0. The number of fused-ring (bicyclic) bond motifs is 12. The number of benzene rings is 7. The molecule has 0 aromatic heterocycles. The van der Waals surface area contributed by atoms with E-state index in [0.29, 0.717) is 0 Å². The van der Waals surface area contributed by atoms with Crippen LogP contribution >= 0.6 is 0 Å². The maximum atomic E-state index is 6.65. The highest BCUT2D eigenvalue weighted by Crippen LogP contribution is 2.64. The van der Waals surface area contributed by atoms with Crippen LogP contribution in [0.1, 0.15) is 45.4 Å². The molecule has 0 amide bonds. The first kappa shape index (κ1) is 28.5. The molecule has 1 heterocycles. The predicted octanol–water partition coefficient (Wildman–Crippen LogP) is 12.5. The summed E-state index contributed by atoms with van der Waals surface area (Å²) < 4.78 is 6.65. The van der Waals surface area contributed by atoms with E-state index in [-0.39, 0.29) is 0 Å². The van der Waals surface area contributed by atoms with Crippen LogP contribution in [0, 0.1) is 0 Å². The first-order chi connectivity index (χ1) is 25.3. The van der Waals surface area contributed by atoms with Gasteiger partial charge in [0.25, 0.3) is 0 Å². The number of allylic oxidation sites excluding steroid dienone is 4. The molecule has 1 aliphatic heterocycles. The molecule has 0 unspecified atom stereocenters. The summed E-state index contributed by atoms with van der Waals surface area (Å²) in [6.07, 6.45) is 8.58. The van der Waals surface area contributed by atoms with Gasteiger partial charge in [-0.15, -0.1) is 0 Å². The number of anilines is 2. The lowest BCUT2D eigenvalue weighted by molar-refractivity contribution is 0.436. The largest absolute Gasteiger partial charge is 0.457 e. The SMILES string of the molecule is C1=CCC(c2ccc3c(c2Nc2ccc(-c4cccc5c4Cc4ccccc4-5)cc2)C2(c4ccccc4Oc4ccccc42)c2ccccc2-3)=C1. The van der Waals surface area contributed by atoms with Gasteiger partial charge in [-0.2, -0.15) is 0 Å². The molecule has 0 fully saturated rings. The molecule has 7 aromatic carbocycles. The monoisotopic (exact) mass is 651 g/mol. The summed E-state index contributed by atoms with van der Waals surface area (Å²) in [5.41, 5.74) is 19.7. The van der Waals surface area contributed by atoms with Gasteiger partial charge in [-0.25, -0.2) is 0 Å². The highest BCUT2D eigenvalue weighted by molar-refractivity contribution is 5.98. The average Bonchev–Trinajstić information content (AvgIpc) is 3.92. The second-order valence-corrected chi connectivity index (χ2v) is 14.0. The molecule has 0 bridgehead atoms. The van der Waals surface area contributed by atoms with E-state index in [0.717, 1.165) is 35.7 Å². The Hall–Kier alpha value is -6.38. The van der Waals surface area contributed by atoms with Crippen molar-refractivity contribution in [2.75, 3.05) is 5.32 Å². The summed E-state index contributed by atoms with van der Waals surface area (Å²) >= 11 is 0. The maximum absolute atomic E-state index is 6.65. The predicted molar refractivity (Wildman–Crippen MR) is 209 cm³/mol. The Labute approximate surface area is 298 Å². The minimum absolute atomic E-state index is 0.568. The van der Waals surface area contributed by atoms with Crippen LogP contribution in [-0.4, -0.2) is 0 Å². The molecule has 1 N–H and O–H groups in total. The molecule has 11 rings (SSSR count). The molecular weight excluding hydrogens is 619 g/mol. The van der Waals surface area contributed by atoms with Gasteiger partial charge in [0.1, 0.15) is 11.5 Å². The minimum atomic E-state index is -0.568. The maximum Gasteiger partial charge on any atom is 0.132 e. The molecule has 0 atom stereocenters. The average molecular weight is 652 g/mol.